The minimum Gasteiger partial charge on any atom is -0.344 e. The van der Waals surface area contributed by atoms with Gasteiger partial charge in [0.15, 0.2) is 0 Å². The number of carbonyl (C=O) groups excluding carboxylic acids is 2. The van der Waals surface area contributed by atoms with Crippen molar-refractivity contribution in [1.29, 1.82) is 0 Å². The molecule has 3 rings (SSSR count). The Kier molecular flexibility index (Phi) is 4.35. The standard InChI is InChI=1S/C18H17ClN2O2/c1-12-10-13-6-3-5-9-16(13)21(12)18(23)17(22)20-11-14-7-2-4-8-15(14)19/h2-9,12H,10-11H2,1H3,(H,20,22). The number of anilines is 1. The zero-order valence-electron chi connectivity index (χ0n) is 12.8. The molecule has 0 aromatic heterocycles. The fraction of sp³-hybridized carbons (Fsp3) is 0.222. The van der Waals surface area contributed by atoms with Crippen LogP contribution in [0.2, 0.25) is 5.02 Å². The average molecular weight is 329 g/mol. The largest absolute Gasteiger partial charge is 0.344 e. The van der Waals surface area contributed by atoms with Gasteiger partial charge in [0.1, 0.15) is 0 Å². The first-order valence-corrected chi connectivity index (χ1v) is 7.88. The number of para-hydroxylation sites is 1. The second-order valence-electron chi connectivity index (χ2n) is 5.63. The Morgan fingerprint density at radius 1 is 1.17 bits per heavy atom. The summed E-state index contributed by atoms with van der Waals surface area (Å²) >= 11 is 6.06. The monoisotopic (exact) mass is 328 g/mol. The van der Waals surface area contributed by atoms with E-state index in [-0.39, 0.29) is 12.6 Å². The van der Waals surface area contributed by atoms with Crippen LogP contribution >= 0.6 is 11.6 Å². The van der Waals surface area contributed by atoms with Crippen molar-refractivity contribution in [2.45, 2.75) is 25.9 Å². The van der Waals surface area contributed by atoms with Crippen molar-refractivity contribution < 1.29 is 9.59 Å². The Labute approximate surface area is 140 Å². The van der Waals surface area contributed by atoms with Crippen LogP contribution in [-0.4, -0.2) is 17.9 Å². The summed E-state index contributed by atoms with van der Waals surface area (Å²) in [6.07, 6.45) is 0.764. The summed E-state index contributed by atoms with van der Waals surface area (Å²) in [5, 5.41) is 3.22. The van der Waals surface area contributed by atoms with Gasteiger partial charge in [-0.05, 0) is 36.6 Å². The number of nitrogens with zero attached hydrogens (tertiary/aromatic N) is 1. The van der Waals surface area contributed by atoms with E-state index in [0.29, 0.717) is 5.02 Å². The van der Waals surface area contributed by atoms with E-state index >= 15 is 0 Å². The van der Waals surface area contributed by atoms with Crippen LogP contribution in [0.3, 0.4) is 0 Å². The maximum Gasteiger partial charge on any atom is 0.316 e. The summed E-state index contributed by atoms with van der Waals surface area (Å²) in [5.41, 5.74) is 2.69. The Morgan fingerprint density at radius 3 is 2.65 bits per heavy atom. The molecule has 0 spiro atoms. The summed E-state index contributed by atoms with van der Waals surface area (Å²) in [6.45, 7) is 2.17. The number of amides is 2. The Hall–Kier alpha value is -2.33. The van der Waals surface area contributed by atoms with Crippen LogP contribution in [0.4, 0.5) is 5.69 Å². The normalized spacial score (nSPS) is 16.1. The number of nitrogens with one attached hydrogen (secondary N) is 1. The molecule has 1 aliphatic rings. The first kappa shape index (κ1) is 15.6. The molecule has 2 amide bonds. The van der Waals surface area contributed by atoms with E-state index < -0.39 is 11.8 Å². The molecule has 2 aromatic carbocycles. The molecule has 1 atom stereocenters. The lowest BCUT2D eigenvalue weighted by Gasteiger charge is -2.22. The summed E-state index contributed by atoms with van der Waals surface area (Å²) < 4.78 is 0. The van der Waals surface area contributed by atoms with E-state index in [2.05, 4.69) is 5.32 Å². The van der Waals surface area contributed by atoms with Crippen LogP contribution in [0.1, 0.15) is 18.1 Å². The van der Waals surface area contributed by atoms with Crippen molar-refractivity contribution >= 4 is 29.1 Å². The van der Waals surface area contributed by atoms with Crippen LogP contribution in [0, 0.1) is 0 Å². The number of hydrogen-bond acceptors (Lipinski definition) is 2. The highest BCUT2D eigenvalue weighted by Crippen LogP contribution is 2.31. The van der Waals surface area contributed by atoms with Gasteiger partial charge in [-0.15, -0.1) is 0 Å². The highest BCUT2D eigenvalue weighted by atomic mass is 35.5. The molecule has 118 valence electrons. The summed E-state index contributed by atoms with van der Waals surface area (Å²) in [4.78, 5) is 26.3. The Bertz CT molecular complexity index is 760. The van der Waals surface area contributed by atoms with Gasteiger partial charge in [-0.25, -0.2) is 0 Å². The van der Waals surface area contributed by atoms with E-state index in [1.165, 1.54) is 0 Å². The van der Waals surface area contributed by atoms with Gasteiger partial charge in [0.05, 0.1) is 0 Å². The molecular formula is C18H17ClN2O2. The Balaban J connectivity index is 1.71. The summed E-state index contributed by atoms with van der Waals surface area (Å²) in [5.74, 6) is -1.15. The predicted molar refractivity (Wildman–Crippen MR) is 90.4 cm³/mol. The lowest BCUT2D eigenvalue weighted by molar-refractivity contribution is -0.137. The predicted octanol–water partition coefficient (Wildman–Crippen LogP) is 2.93. The first-order valence-electron chi connectivity index (χ1n) is 7.50. The van der Waals surface area contributed by atoms with Crippen molar-refractivity contribution in [3.05, 3.63) is 64.7 Å². The zero-order chi connectivity index (χ0) is 16.4. The van der Waals surface area contributed by atoms with Gasteiger partial charge in [0.2, 0.25) is 0 Å². The highest BCUT2D eigenvalue weighted by Gasteiger charge is 2.33. The molecule has 1 aliphatic heterocycles. The zero-order valence-corrected chi connectivity index (χ0v) is 13.5. The molecule has 1 heterocycles. The van der Waals surface area contributed by atoms with Gasteiger partial charge in [-0.2, -0.15) is 0 Å². The number of halogens is 1. The maximum atomic E-state index is 12.5. The summed E-state index contributed by atoms with van der Waals surface area (Å²) in [6, 6.07) is 14.9. The van der Waals surface area contributed by atoms with E-state index in [9.17, 15) is 9.59 Å². The second-order valence-corrected chi connectivity index (χ2v) is 6.04. The molecule has 0 aliphatic carbocycles. The van der Waals surface area contributed by atoms with Gasteiger partial charge < -0.3 is 10.2 Å². The third-order valence-electron chi connectivity index (χ3n) is 4.02. The maximum absolute atomic E-state index is 12.5. The van der Waals surface area contributed by atoms with Crippen LogP contribution in [-0.2, 0) is 22.6 Å². The number of rotatable bonds is 2. The third kappa shape index (κ3) is 3.08. The van der Waals surface area contributed by atoms with Crippen LogP contribution in [0.25, 0.3) is 0 Å². The van der Waals surface area contributed by atoms with E-state index in [4.69, 9.17) is 11.6 Å². The molecular weight excluding hydrogens is 312 g/mol. The minimum absolute atomic E-state index is 0.0223. The minimum atomic E-state index is -0.617. The van der Waals surface area contributed by atoms with Crippen LogP contribution < -0.4 is 10.2 Å². The summed E-state index contributed by atoms with van der Waals surface area (Å²) in [7, 11) is 0. The van der Waals surface area contributed by atoms with Crippen molar-refractivity contribution in [2.24, 2.45) is 0 Å². The van der Waals surface area contributed by atoms with Crippen molar-refractivity contribution in [3.63, 3.8) is 0 Å². The van der Waals surface area contributed by atoms with Gasteiger partial charge in [0.25, 0.3) is 0 Å². The molecule has 0 fully saturated rings. The van der Waals surface area contributed by atoms with Gasteiger partial charge in [0, 0.05) is 23.3 Å². The van der Waals surface area contributed by atoms with Crippen molar-refractivity contribution in [3.8, 4) is 0 Å². The average Bonchev–Trinajstić information content (AvgIpc) is 2.89. The molecule has 0 radical (unpaired) electrons. The smallest absolute Gasteiger partial charge is 0.316 e. The third-order valence-corrected chi connectivity index (χ3v) is 4.39. The molecule has 0 saturated heterocycles. The number of carbonyl (C=O) groups is 2. The number of benzene rings is 2. The van der Waals surface area contributed by atoms with Crippen molar-refractivity contribution in [1.82, 2.24) is 5.32 Å². The molecule has 5 heteroatoms. The molecule has 23 heavy (non-hydrogen) atoms. The topological polar surface area (TPSA) is 49.4 Å². The Morgan fingerprint density at radius 2 is 1.87 bits per heavy atom. The van der Waals surface area contributed by atoms with Gasteiger partial charge in [-0.3, -0.25) is 9.59 Å². The second kappa shape index (κ2) is 6.42. The van der Waals surface area contributed by atoms with E-state index in [0.717, 1.165) is 23.2 Å². The molecule has 1 unspecified atom stereocenters. The highest BCUT2D eigenvalue weighted by molar-refractivity contribution is 6.40. The molecule has 4 nitrogen and oxygen atoms in total. The van der Waals surface area contributed by atoms with Crippen LogP contribution in [0.15, 0.2) is 48.5 Å². The van der Waals surface area contributed by atoms with Crippen molar-refractivity contribution in [2.75, 3.05) is 4.90 Å². The van der Waals surface area contributed by atoms with E-state index in [1.807, 2.05) is 49.4 Å². The fourth-order valence-corrected chi connectivity index (χ4v) is 3.08. The molecule has 0 bridgehead atoms. The van der Waals surface area contributed by atoms with Gasteiger partial charge in [-0.1, -0.05) is 48.0 Å². The lowest BCUT2D eigenvalue weighted by Crippen LogP contribution is -2.45. The number of fused-ring (bicyclic) bond motifs is 1. The van der Waals surface area contributed by atoms with Gasteiger partial charge >= 0.3 is 11.8 Å². The lowest BCUT2D eigenvalue weighted by atomic mass is 10.1. The first-order chi connectivity index (χ1) is 11.1. The van der Waals surface area contributed by atoms with Crippen LogP contribution in [0.5, 0.6) is 0 Å². The quantitative estimate of drug-likeness (QED) is 0.862. The molecule has 0 saturated carbocycles. The molecule has 1 N–H and O–H groups in total. The van der Waals surface area contributed by atoms with E-state index in [1.54, 1.807) is 11.0 Å². The molecule has 2 aromatic rings. The SMILES string of the molecule is CC1Cc2ccccc2N1C(=O)C(=O)NCc1ccccc1Cl. The number of hydrogen-bond donors (Lipinski definition) is 1. The fourth-order valence-electron chi connectivity index (χ4n) is 2.88.